The smallest absolute Gasteiger partial charge is 0.233 e. The molecule has 1 aromatic carbocycles. The van der Waals surface area contributed by atoms with Gasteiger partial charge in [0.2, 0.25) is 11.8 Å². The largest absolute Gasteiger partial charge is 0.387 e. The Labute approximate surface area is 124 Å². The number of hydrogen-bond donors (Lipinski definition) is 1. The van der Waals surface area contributed by atoms with Crippen LogP contribution < -0.4 is 0 Å². The van der Waals surface area contributed by atoms with Gasteiger partial charge in [0, 0.05) is 0 Å². The summed E-state index contributed by atoms with van der Waals surface area (Å²) in [6, 6.07) is 5.85. The first-order valence-electron chi connectivity index (χ1n) is 7.59. The summed E-state index contributed by atoms with van der Waals surface area (Å²) in [5.74, 6) is -0.454. The van der Waals surface area contributed by atoms with Gasteiger partial charge in [-0.15, -0.1) is 0 Å². The molecule has 2 fully saturated rings. The van der Waals surface area contributed by atoms with E-state index in [9.17, 15) is 14.7 Å². The molecule has 3 rings (SSSR count). The number of rotatable bonds is 3. The van der Waals surface area contributed by atoms with E-state index in [2.05, 4.69) is 0 Å². The second-order valence-electron chi connectivity index (χ2n) is 6.37. The number of amides is 2. The van der Waals surface area contributed by atoms with Crippen LogP contribution in [0.1, 0.15) is 42.1 Å². The molecule has 4 nitrogen and oxygen atoms in total. The summed E-state index contributed by atoms with van der Waals surface area (Å²) in [5, 5.41) is 10.4. The first-order valence-corrected chi connectivity index (χ1v) is 7.59. The molecule has 0 spiro atoms. The highest BCUT2D eigenvalue weighted by atomic mass is 16.3. The normalized spacial score (nSPS) is 26.3. The number of imide groups is 1. The zero-order chi connectivity index (χ0) is 15.1. The van der Waals surface area contributed by atoms with Crippen LogP contribution in [0.2, 0.25) is 0 Å². The second-order valence-corrected chi connectivity index (χ2v) is 6.37. The Morgan fingerprint density at radius 2 is 1.62 bits per heavy atom. The third kappa shape index (κ3) is 2.48. The summed E-state index contributed by atoms with van der Waals surface area (Å²) in [6.45, 7) is 4.02. The van der Waals surface area contributed by atoms with Crippen LogP contribution in [0, 0.1) is 25.7 Å². The molecule has 2 amide bonds. The van der Waals surface area contributed by atoms with Gasteiger partial charge in [-0.25, -0.2) is 0 Å². The van der Waals surface area contributed by atoms with Crippen LogP contribution in [0.25, 0.3) is 0 Å². The van der Waals surface area contributed by atoms with Gasteiger partial charge in [-0.05, 0) is 32.3 Å². The van der Waals surface area contributed by atoms with Crippen LogP contribution >= 0.6 is 0 Å². The fraction of sp³-hybridized carbons (Fsp3) is 0.529. The molecule has 0 bridgehead atoms. The molecule has 1 aromatic rings. The van der Waals surface area contributed by atoms with Crippen LogP contribution in [-0.4, -0.2) is 28.4 Å². The van der Waals surface area contributed by atoms with Crippen molar-refractivity contribution in [1.29, 1.82) is 0 Å². The molecule has 21 heavy (non-hydrogen) atoms. The first-order chi connectivity index (χ1) is 9.97. The van der Waals surface area contributed by atoms with Crippen LogP contribution in [0.4, 0.5) is 0 Å². The molecule has 1 saturated heterocycles. The summed E-state index contributed by atoms with van der Waals surface area (Å²) in [4.78, 5) is 25.9. The fourth-order valence-corrected chi connectivity index (χ4v) is 3.72. The minimum Gasteiger partial charge on any atom is -0.387 e. The number of aliphatic hydroxyl groups is 1. The van der Waals surface area contributed by atoms with E-state index in [1.807, 2.05) is 32.0 Å². The lowest BCUT2D eigenvalue weighted by molar-refractivity contribution is -0.142. The van der Waals surface area contributed by atoms with Gasteiger partial charge in [-0.2, -0.15) is 0 Å². The molecule has 2 aliphatic rings. The minimum absolute atomic E-state index is 0.0769. The van der Waals surface area contributed by atoms with E-state index in [1.54, 1.807) is 0 Å². The van der Waals surface area contributed by atoms with Crippen molar-refractivity contribution in [2.45, 2.75) is 39.2 Å². The third-order valence-electron chi connectivity index (χ3n) is 4.67. The van der Waals surface area contributed by atoms with Crippen LogP contribution in [-0.2, 0) is 9.59 Å². The van der Waals surface area contributed by atoms with Gasteiger partial charge in [0.1, 0.15) is 0 Å². The number of hydrogen-bond acceptors (Lipinski definition) is 3. The maximum absolute atomic E-state index is 12.3. The summed E-state index contributed by atoms with van der Waals surface area (Å²) < 4.78 is 0. The highest BCUT2D eigenvalue weighted by Crippen LogP contribution is 2.40. The van der Waals surface area contributed by atoms with E-state index >= 15 is 0 Å². The Hall–Kier alpha value is -1.68. The lowest BCUT2D eigenvalue weighted by Gasteiger charge is -2.20. The number of aryl methyl sites for hydroxylation is 2. The third-order valence-corrected chi connectivity index (χ3v) is 4.67. The Morgan fingerprint density at radius 1 is 1.10 bits per heavy atom. The highest BCUT2D eigenvalue weighted by molar-refractivity contribution is 6.05. The Bertz CT molecular complexity index is 553. The van der Waals surface area contributed by atoms with E-state index in [0.717, 1.165) is 36.0 Å². The van der Waals surface area contributed by atoms with Crippen molar-refractivity contribution in [1.82, 2.24) is 4.90 Å². The molecular formula is C17H21NO3. The van der Waals surface area contributed by atoms with E-state index in [1.165, 1.54) is 4.90 Å². The van der Waals surface area contributed by atoms with Gasteiger partial charge in [-0.1, -0.05) is 35.7 Å². The van der Waals surface area contributed by atoms with Gasteiger partial charge in [-0.3, -0.25) is 14.5 Å². The SMILES string of the molecule is Cc1cc(C)cc(C(O)CN2C(=O)C3CCCC3C2=O)c1. The number of benzene rings is 1. The first kappa shape index (κ1) is 14.3. The average molecular weight is 287 g/mol. The number of carbonyl (C=O) groups is 2. The standard InChI is InChI=1S/C17H21NO3/c1-10-6-11(2)8-12(7-10)15(19)9-18-16(20)13-4-3-5-14(13)17(18)21/h6-8,13-15,19H,3-5,9H2,1-2H3. The molecule has 112 valence electrons. The molecule has 1 heterocycles. The number of aliphatic hydroxyl groups excluding tert-OH is 1. The van der Waals surface area contributed by atoms with Crippen molar-refractivity contribution in [2.75, 3.05) is 6.54 Å². The predicted molar refractivity (Wildman–Crippen MR) is 78.4 cm³/mol. The molecular weight excluding hydrogens is 266 g/mol. The zero-order valence-corrected chi connectivity index (χ0v) is 12.5. The predicted octanol–water partition coefficient (Wildman–Crippen LogP) is 2.12. The number of carbonyl (C=O) groups excluding carboxylic acids is 2. The van der Waals surface area contributed by atoms with E-state index in [4.69, 9.17) is 0 Å². The van der Waals surface area contributed by atoms with Crippen molar-refractivity contribution >= 4 is 11.8 Å². The summed E-state index contributed by atoms with van der Waals surface area (Å²) in [5.41, 5.74) is 2.91. The van der Waals surface area contributed by atoms with Crippen LogP contribution in [0.3, 0.4) is 0 Å². The monoisotopic (exact) mass is 287 g/mol. The summed E-state index contributed by atoms with van der Waals surface area (Å²) >= 11 is 0. The topological polar surface area (TPSA) is 57.6 Å². The molecule has 1 aliphatic carbocycles. The lowest BCUT2D eigenvalue weighted by atomic mass is 10.00. The van der Waals surface area contributed by atoms with Crippen molar-refractivity contribution in [3.8, 4) is 0 Å². The molecule has 4 heteroatoms. The van der Waals surface area contributed by atoms with Crippen molar-refractivity contribution < 1.29 is 14.7 Å². The molecule has 3 atom stereocenters. The van der Waals surface area contributed by atoms with Crippen LogP contribution in [0.15, 0.2) is 18.2 Å². The number of nitrogens with zero attached hydrogens (tertiary/aromatic N) is 1. The number of β-amino-alcohol motifs (C(OH)–C–C–N with tert-alkyl or cyclic N) is 1. The maximum atomic E-state index is 12.3. The fourth-order valence-electron chi connectivity index (χ4n) is 3.72. The van der Waals surface area contributed by atoms with Crippen LogP contribution in [0.5, 0.6) is 0 Å². The van der Waals surface area contributed by atoms with Gasteiger partial charge in [0.25, 0.3) is 0 Å². The molecule has 0 aromatic heterocycles. The van der Waals surface area contributed by atoms with Crippen molar-refractivity contribution in [2.24, 2.45) is 11.8 Å². The van der Waals surface area contributed by atoms with E-state index in [-0.39, 0.29) is 30.2 Å². The van der Waals surface area contributed by atoms with Crippen molar-refractivity contribution in [3.63, 3.8) is 0 Å². The highest BCUT2D eigenvalue weighted by Gasteiger charge is 2.49. The Kier molecular flexibility index (Phi) is 3.57. The van der Waals surface area contributed by atoms with Crippen molar-refractivity contribution in [3.05, 3.63) is 34.9 Å². The summed E-state index contributed by atoms with van der Waals surface area (Å²) in [7, 11) is 0. The second kappa shape index (κ2) is 5.26. The lowest BCUT2D eigenvalue weighted by Crippen LogP contribution is -2.35. The molecule has 3 unspecified atom stereocenters. The quantitative estimate of drug-likeness (QED) is 0.866. The minimum atomic E-state index is -0.810. The zero-order valence-electron chi connectivity index (χ0n) is 12.5. The average Bonchev–Trinajstić information content (AvgIpc) is 2.97. The van der Waals surface area contributed by atoms with Gasteiger partial charge < -0.3 is 5.11 Å². The Balaban J connectivity index is 1.77. The molecule has 1 saturated carbocycles. The van der Waals surface area contributed by atoms with Gasteiger partial charge >= 0.3 is 0 Å². The van der Waals surface area contributed by atoms with Gasteiger partial charge in [0.15, 0.2) is 0 Å². The summed E-state index contributed by atoms with van der Waals surface area (Å²) in [6.07, 6.45) is 1.77. The maximum Gasteiger partial charge on any atom is 0.233 e. The Morgan fingerprint density at radius 3 is 2.14 bits per heavy atom. The molecule has 1 aliphatic heterocycles. The van der Waals surface area contributed by atoms with Gasteiger partial charge in [0.05, 0.1) is 24.5 Å². The van der Waals surface area contributed by atoms with E-state index in [0.29, 0.717) is 0 Å². The number of likely N-dealkylation sites (tertiary alicyclic amines) is 1. The molecule has 0 radical (unpaired) electrons. The molecule has 1 N–H and O–H groups in total. The van der Waals surface area contributed by atoms with E-state index < -0.39 is 6.10 Å². The number of fused-ring (bicyclic) bond motifs is 1.